The molecule has 3 unspecified atom stereocenters. The molecule has 2 aliphatic rings. The number of nitrogens with zero attached hydrogens (tertiary/aromatic N) is 1. The average molecular weight is 552 g/mol. The van der Waals surface area contributed by atoms with Crippen molar-refractivity contribution >= 4 is 29.4 Å². The van der Waals surface area contributed by atoms with E-state index in [2.05, 4.69) is 24.5 Å². The summed E-state index contributed by atoms with van der Waals surface area (Å²) < 4.78 is 106. The number of phosphoric ester groups is 1. The number of hydrogen-bond donors (Lipinski definition) is 6. The van der Waals surface area contributed by atoms with Gasteiger partial charge in [-0.3, -0.25) is 9.32 Å². The minimum atomic E-state index is -5.99. The Hall–Kier alpha value is -1.20. The molecule has 2 rings (SSSR count). The van der Waals surface area contributed by atoms with E-state index in [4.69, 9.17) is 14.7 Å². The number of amides is 1. The Morgan fingerprint density at radius 2 is 1.76 bits per heavy atom. The summed E-state index contributed by atoms with van der Waals surface area (Å²) in [5, 5.41) is 11.7. The molecule has 0 aromatic rings. The Morgan fingerprint density at radius 3 is 2.27 bits per heavy atom. The van der Waals surface area contributed by atoms with Crippen molar-refractivity contribution in [1.29, 1.82) is 0 Å². The molecule has 1 saturated heterocycles. The maximum absolute atomic E-state index is 15.1. The van der Waals surface area contributed by atoms with Gasteiger partial charge in [-0.25, -0.2) is 26.9 Å². The van der Waals surface area contributed by atoms with Crippen molar-refractivity contribution in [2.45, 2.75) is 23.9 Å². The van der Waals surface area contributed by atoms with E-state index in [0.29, 0.717) is 0 Å². The Balaban J connectivity index is 2.24. The summed E-state index contributed by atoms with van der Waals surface area (Å²) in [6, 6.07) is 0. The van der Waals surface area contributed by atoms with Gasteiger partial charge in [0.1, 0.15) is 19.1 Å². The lowest BCUT2D eigenvalue weighted by atomic mass is 9.95. The topological polar surface area (TPSA) is 222 Å². The van der Waals surface area contributed by atoms with Crippen LogP contribution in [0.1, 0.15) is 0 Å². The highest BCUT2D eigenvalue weighted by Gasteiger charge is 2.68. The van der Waals surface area contributed by atoms with Crippen molar-refractivity contribution < 1.29 is 78.6 Å². The quantitative estimate of drug-likeness (QED) is 0.165. The van der Waals surface area contributed by atoms with E-state index < -0.39 is 78.2 Å². The summed E-state index contributed by atoms with van der Waals surface area (Å²) in [5.41, 5.74) is -3.73. The average Bonchev–Trinajstić information content (AvgIpc) is 2.82. The number of ether oxygens (including phenoxy) is 1. The first-order valence-electron chi connectivity index (χ1n) is 7.99. The second-order valence-corrected chi connectivity index (χ2v) is 10.8. The van der Waals surface area contributed by atoms with Crippen LogP contribution in [0.3, 0.4) is 0 Å². The summed E-state index contributed by atoms with van der Waals surface area (Å²) in [4.78, 5) is 46.7. The van der Waals surface area contributed by atoms with Crippen LogP contribution >= 0.6 is 23.5 Å². The number of aliphatic hydroxyl groups is 1. The Labute approximate surface area is 180 Å². The fourth-order valence-electron chi connectivity index (χ4n) is 2.58. The molecule has 0 aromatic carbocycles. The van der Waals surface area contributed by atoms with Crippen LogP contribution in [0.5, 0.6) is 0 Å². The number of hydrogen-bond acceptors (Lipinski definition) is 10. The number of halogens is 4. The molecular weight excluding hydrogens is 537 g/mol. The van der Waals surface area contributed by atoms with Crippen LogP contribution in [0.15, 0.2) is 24.4 Å². The first-order chi connectivity index (χ1) is 14.8. The van der Waals surface area contributed by atoms with Gasteiger partial charge in [0.2, 0.25) is 11.5 Å². The van der Waals surface area contributed by atoms with Crippen molar-refractivity contribution in [3.63, 3.8) is 0 Å². The summed E-state index contributed by atoms with van der Waals surface area (Å²) >= 11 is 0. The minimum Gasteiger partial charge on any atom is -0.383 e. The van der Waals surface area contributed by atoms with E-state index in [-0.39, 0.29) is 11.1 Å². The van der Waals surface area contributed by atoms with Gasteiger partial charge in [-0.2, -0.15) is 13.0 Å². The van der Waals surface area contributed by atoms with Gasteiger partial charge in [-0.15, -0.1) is 0 Å². The molecule has 1 fully saturated rings. The zero-order chi connectivity index (χ0) is 25.6. The van der Waals surface area contributed by atoms with Gasteiger partial charge in [0, 0.05) is 6.20 Å². The molecule has 2 heterocycles. The summed E-state index contributed by atoms with van der Waals surface area (Å²) in [6.45, 7) is -1.01. The molecule has 6 N–H and O–H groups in total. The zero-order valence-corrected chi connectivity index (χ0v) is 18.3. The molecule has 0 aromatic heterocycles. The first kappa shape index (κ1) is 28.0. The molecular formula is C11H15F4N2O13P3. The molecule has 0 saturated carbocycles. The fraction of sp³-hybridized carbons (Fsp3) is 0.545. The highest BCUT2D eigenvalue weighted by molar-refractivity contribution is 7.66. The SMILES string of the molecule is C=C1NC(=O)C(F)=CN1[C@@H]1O[C@](F)(COP(=O)(O)OP(=O)(O)OP(=O)(O)O)[C@H](O)C1(F)CF. The second kappa shape index (κ2) is 9.11. The molecule has 1 amide bonds. The highest BCUT2D eigenvalue weighted by atomic mass is 31.3. The largest absolute Gasteiger partial charge is 0.490 e. The first-order valence-corrected chi connectivity index (χ1v) is 12.5. The summed E-state index contributed by atoms with van der Waals surface area (Å²) in [5.74, 6) is -7.49. The van der Waals surface area contributed by atoms with Crippen molar-refractivity contribution in [3.8, 4) is 0 Å². The number of carbonyl (C=O) groups excluding carboxylic acids is 1. The number of alkyl halides is 3. The molecule has 6 atom stereocenters. The third-order valence-electron chi connectivity index (χ3n) is 3.92. The Morgan fingerprint density at radius 1 is 1.18 bits per heavy atom. The van der Waals surface area contributed by atoms with E-state index in [1.54, 1.807) is 5.32 Å². The molecule has 0 aliphatic carbocycles. The second-order valence-electron chi connectivity index (χ2n) is 6.37. The van der Waals surface area contributed by atoms with Crippen molar-refractivity contribution in [2.24, 2.45) is 0 Å². The van der Waals surface area contributed by atoms with E-state index in [1.165, 1.54) is 0 Å². The normalized spacial score (nSPS) is 34.5. The molecule has 0 bridgehead atoms. The lowest BCUT2D eigenvalue weighted by molar-refractivity contribution is -0.207. The zero-order valence-electron chi connectivity index (χ0n) is 15.7. The van der Waals surface area contributed by atoms with Gasteiger partial charge in [-0.1, -0.05) is 6.58 Å². The van der Waals surface area contributed by atoms with Gasteiger partial charge >= 0.3 is 23.5 Å². The fourth-order valence-corrected chi connectivity index (χ4v) is 5.61. The van der Waals surface area contributed by atoms with Crippen LogP contribution in [-0.2, 0) is 36.4 Å². The molecule has 0 spiro atoms. The van der Waals surface area contributed by atoms with Gasteiger partial charge in [0.15, 0.2) is 12.3 Å². The standard InChI is InChI=1S/C11H15F4N2O13P3/c1-5-16-7(18)6(13)2-17(5)9-10(14,3-12)8(19)11(15,28-9)4-27-32(23,24)30-33(25,26)29-31(20,21)22/h2,8-9,19H,1,3-4H2,(H,16,18)(H,23,24)(H,25,26)(H2,20,21,22)/t8-,9-,10?,11-/m1/s1. The van der Waals surface area contributed by atoms with Crippen LogP contribution in [0, 0.1) is 0 Å². The van der Waals surface area contributed by atoms with Crippen molar-refractivity contribution in [2.75, 3.05) is 13.3 Å². The molecule has 33 heavy (non-hydrogen) atoms. The molecule has 15 nitrogen and oxygen atoms in total. The van der Waals surface area contributed by atoms with Gasteiger partial charge in [0.25, 0.3) is 11.8 Å². The van der Waals surface area contributed by atoms with Crippen LogP contribution in [0.4, 0.5) is 17.6 Å². The number of carbonyl (C=O) groups is 1. The van der Waals surface area contributed by atoms with Crippen LogP contribution < -0.4 is 5.32 Å². The Kier molecular flexibility index (Phi) is 7.74. The number of nitrogens with one attached hydrogen (secondary N) is 1. The third-order valence-corrected chi connectivity index (χ3v) is 7.70. The van der Waals surface area contributed by atoms with Gasteiger partial charge in [-0.05, 0) is 0 Å². The van der Waals surface area contributed by atoms with E-state index >= 15 is 8.78 Å². The summed E-state index contributed by atoms with van der Waals surface area (Å²) in [7, 11) is -17.7. The van der Waals surface area contributed by atoms with E-state index in [9.17, 15) is 37.3 Å². The lowest BCUT2D eigenvalue weighted by Gasteiger charge is -2.36. The molecule has 0 radical (unpaired) electrons. The Bertz CT molecular complexity index is 1010. The summed E-state index contributed by atoms with van der Waals surface area (Å²) in [6.07, 6.45) is -5.50. The number of phosphoric acid groups is 3. The van der Waals surface area contributed by atoms with Crippen molar-refractivity contribution in [3.05, 3.63) is 24.4 Å². The maximum atomic E-state index is 15.1. The lowest BCUT2D eigenvalue weighted by Crippen LogP contribution is -2.55. The molecule has 22 heteroatoms. The number of aliphatic hydroxyl groups excluding tert-OH is 1. The van der Waals surface area contributed by atoms with Gasteiger partial charge < -0.3 is 39.6 Å². The predicted molar refractivity (Wildman–Crippen MR) is 92.7 cm³/mol. The van der Waals surface area contributed by atoms with Crippen molar-refractivity contribution in [1.82, 2.24) is 10.2 Å². The van der Waals surface area contributed by atoms with Crippen LogP contribution in [0.25, 0.3) is 0 Å². The molecule has 190 valence electrons. The van der Waals surface area contributed by atoms with E-state index in [0.717, 1.165) is 0 Å². The third kappa shape index (κ3) is 6.28. The predicted octanol–water partition coefficient (Wildman–Crippen LogP) is 0.104. The highest BCUT2D eigenvalue weighted by Crippen LogP contribution is 2.66. The van der Waals surface area contributed by atoms with Crippen LogP contribution in [0.2, 0.25) is 0 Å². The maximum Gasteiger partial charge on any atom is 0.490 e. The molecule has 2 aliphatic heterocycles. The van der Waals surface area contributed by atoms with E-state index in [1.807, 2.05) is 0 Å². The monoisotopic (exact) mass is 552 g/mol. The minimum absolute atomic E-state index is 0.233. The smallest absolute Gasteiger partial charge is 0.383 e. The van der Waals surface area contributed by atoms with Gasteiger partial charge in [0.05, 0.1) is 0 Å². The number of rotatable bonds is 9. The van der Waals surface area contributed by atoms with Crippen LogP contribution in [-0.4, -0.2) is 72.6 Å².